The van der Waals surface area contributed by atoms with E-state index in [1.165, 1.54) is 0 Å². The van der Waals surface area contributed by atoms with Crippen molar-refractivity contribution in [3.8, 4) is 0 Å². The minimum atomic E-state index is -0.210. The van der Waals surface area contributed by atoms with E-state index in [2.05, 4.69) is 52.2 Å². The SMILES string of the molecule is CCCNC1=C(C(=O)OCC)CCC(NC(C)(C)C)C1OC(CC)CC. The highest BCUT2D eigenvalue weighted by Crippen LogP contribution is 2.30. The van der Waals surface area contributed by atoms with Gasteiger partial charge in [-0.15, -0.1) is 0 Å². The molecule has 0 aromatic heterocycles. The van der Waals surface area contributed by atoms with Crippen molar-refractivity contribution in [1.29, 1.82) is 0 Å². The number of rotatable bonds is 10. The first-order valence-electron chi connectivity index (χ1n) is 10.3. The van der Waals surface area contributed by atoms with Crippen LogP contribution in [0.5, 0.6) is 0 Å². The number of carbonyl (C=O) groups excluding carboxylic acids is 1. The fraction of sp³-hybridized carbons (Fsp3) is 0.857. The third-order valence-corrected chi connectivity index (χ3v) is 4.64. The molecule has 0 heterocycles. The summed E-state index contributed by atoms with van der Waals surface area (Å²) in [5.74, 6) is -0.210. The van der Waals surface area contributed by atoms with Crippen LogP contribution in [0.15, 0.2) is 11.3 Å². The highest BCUT2D eigenvalue weighted by atomic mass is 16.5. The van der Waals surface area contributed by atoms with E-state index in [1.54, 1.807) is 0 Å². The minimum Gasteiger partial charge on any atom is -0.463 e. The molecular weight excluding hydrogens is 328 g/mol. The van der Waals surface area contributed by atoms with Crippen LogP contribution >= 0.6 is 0 Å². The molecule has 2 unspecified atom stereocenters. The molecule has 1 rings (SSSR count). The summed E-state index contributed by atoms with van der Waals surface area (Å²) in [5.41, 5.74) is 1.66. The van der Waals surface area contributed by atoms with Crippen LogP contribution in [-0.4, -0.2) is 42.9 Å². The summed E-state index contributed by atoms with van der Waals surface area (Å²) >= 11 is 0. The monoisotopic (exact) mass is 368 g/mol. The van der Waals surface area contributed by atoms with Gasteiger partial charge in [0.05, 0.1) is 24.0 Å². The smallest absolute Gasteiger partial charge is 0.335 e. The zero-order chi connectivity index (χ0) is 19.7. The number of carbonyl (C=O) groups is 1. The molecule has 26 heavy (non-hydrogen) atoms. The van der Waals surface area contributed by atoms with Crippen molar-refractivity contribution in [3.05, 3.63) is 11.3 Å². The van der Waals surface area contributed by atoms with Crippen molar-refractivity contribution in [2.45, 2.75) is 104 Å². The van der Waals surface area contributed by atoms with Crippen molar-refractivity contribution < 1.29 is 14.3 Å². The average Bonchev–Trinajstić information content (AvgIpc) is 2.57. The fourth-order valence-electron chi connectivity index (χ4n) is 3.41. The van der Waals surface area contributed by atoms with Crippen LogP contribution in [0.3, 0.4) is 0 Å². The van der Waals surface area contributed by atoms with Gasteiger partial charge in [-0.1, -0.05) is 20.8 Å². The molecule has 5 heteroatoms. The number of hydrogen-bond acceptors (Lipinski definition) is 5. The molecule has 0 saturated carbocycles. The van der Waals surface area contributed by atoms with Crippen LogP contribution < -0.4 is 10.6 Å². The van der Waals surface area contributed by atoms with E-state index in [0.29, 0.717) is 13.0 Å². The van der Waals surface area contributed by atoms with Gasteiger partial charge in [0.1, 0.15) is 6.10 Å². The summed E-state index contributed by atoms with van der Waals surface area (Å²) in [6.07, 6.45) is 4.53. The maximum Gasteiger partial charge on any atom is 0.335 e. The summed E-state index contributed by atoms with van der Waals surface area (Å²) in [4.78, 5) is 12.5. The zero-order valence-corrected chi connectivity index (χ0v) is 17.9. The molecule has 1 aliphatic rings. The predicted molar refractivity (Wildman–Crippen MR) is 107 cm³/mol. The summed E-state index contributed by atoms with van der Waals surface area (Å²) in [6.45, 7) is 16.0. The standard InChI is InChI=1S/C21H40N2O3/c1-8-14-22-18-16(20(24)25-11-4)12-13-17(23-21(5,6)7)19(18)26-15(9-2)10-3/h15,17,19,22-23H,8-14H2,1-7H3. The zero-order valence-electron chi connectivity index (χ0n) is 17.9. The Labute approximate surface area is 160 Å². The van der Waals surface area contributed by atoms with Crippen LogP contribution in [0.1, 0.15) is 80.6 Å². The Kier molecular flexibility index (Phi) is 9.66. The molecule has 0 saturated heterocycles. The predicted octanol–water partition coefficient (Wildman–Crippen LogP) is 3.93. The van der Waals surface area contributed by atoms with E-state index in [0.717, 1.165) is 43.5 Å². The molecule has 0 fully saturated rings. The van der Waals surface area contributed by atoms with Gasteiger partial charge in [-0.25, -0.2) is 4.79 Å². The van der Waals surface area contributed by atoms with Gasteiger partial charge < -0.3 is 20.1 Å². The highest BCUT2D eigenvalue weighted by molar-refractivity contribution is 5.89. The van der Waals surface area contributed by atoms with Crippen molar-refractivity contribution in [2.24, 2.45) is 0 Å². The Bertz CT molecular complexity index is 464. The number of ether oxygens (including phenoxy) is 2. The second-order valence-corrected chi connectivity index (χ2v) is 8.07. The Morgan fingerprint density at radius 1 is 1.19 bits per heavy atom. The molecule has 1 aliphatic carbocycles. The molecule has 0 aromatic rings. The van der Waals surface area contributed by atoms with Gasteiger partial charge in [0.2, 0.25) is 0 Å². The summed E-state index contributed by atoms with van der Waals surface area (Å²) in [6, 6.07) is 0.174. The maximum absolute atomic E-state index is 12.5. The van der Waals surface area contributed by atoms with E-state index in [4.69, 9.17) is 9.47 Å². The van der Waals surface area contributed by atoms with E-state index >= 15 is 0 Å². The second kappa shape index (κ2) is 10.9. The van der Waals surface area contributed by atoms with Crippen molar-refractivity contribution >= 4 is 5.97 Å². The van der Waals surface area contributed by atoms with Gasteiger partial charge in [0, 0.05) is 18.1 Å². The lowest BCUT2D eigenvalue weighted by molar-refractivity contribution is -0.139. The molecule has 0 aliphatic heterocycles. The molecule has 0 radical (unpaired) electrons. The molecule has 0 aromatic carbocycles. The Morgan fingerprint density at radius 2 is 1.85 bits per heavy atom. The largest absolute Gasteiger partial charge is 0.463 e. The number of nitrogens with one attached hydrogen (secondary N) is 2. The van der Waals surface area contributed by atoms with Gasteiger partial charge in [0.25, 0.3) is 0 Å². The van der Waals surface area contributed by atoms with E-state index < -0.39 is 0 Å². The van der Waals surface area contributed by atoms with Crippen LogP contribution in [-0.2, 0) is 14.3 Å². The summed E-state index contributed by atoms with van der Waals surface area (Å²) in [5, 5.41) is 7.20. The van der Waals surface area contributed by atoms with Crippen molar-refractivity contribution in [3.63, 3.8) is 0 Å². The van der Waals surface area contributed by atoms with Crippen LogP contribution in [0, 0.1) is 0 Å². The molecule has 152 valence electrons. The maximum atomic E-state index is 12.5. The quantitative estimate of drug-likeness (QED) is 0.572. The third kappa shape index (κ3) is 6.92. The molecule has 0 spiro atoms. The fourth-order valence-corrected chi connectivity index (χ4v) is 3.41. The first-order chi connectivity index (χ1) is 12.3. The lowest BCUT2D eigenvalue weighted by Gasteiger charge is -2.40. The molecular formula is C21H40N2O3. The van der Waals surface area contributed by atoms with Crippen LogP contribution in [0.2, 0.25) is 0 Å². The minimum absolute atomic E-state index is 0.0164. The first-order valence-corrected chi connectivity index (χ1v) is 10.3. The lowest BCUT2D eigenvalue weighted by atomic mass is 9.87. The topological polar surface area (TPSA) is 59.6 Å². The van der Waals surface area contributed by atoms with Gasteiger partial charge in [-0.3, -0.25) is 0 Å². The molecule has 2 atom stereocenters. The van der Waals surface area contributed by atoms with E-state index in [1.807, 2.05) is 6.92 Å². The van der Waals surface area contributed by atoms with E-state index in [9.17, 15) is 4.79 Å². The number of hydrogen-bond donors (Lipinski definition) is 2. The molecule has 0 amide bonds. The van der Waals surface area contributed by atoms with Gasteiger partial charge in [0.15, 0.2) is 0 Å². The van der Waals surface area contributed by atoms with Gasteiger partial charge in [-0.2, -0.15) is 0 Å². The first kappa shape index (κ1) is 23.0. The third-order valence-electron chi connectivity index (χ3n) is 4.64. The second-order valence-electron chi connectivity index (χ2n) is 8.07. The summed E-state index contributed by atoms with van der Waals surface area (Å²) in [7, 11) is 0. The number of esters is 1. The Morgan fingerprint density at radius 3 is 2.35 bits per heavy atom. The molecule has 2 N–H and O–H groups in total. The van der Waals surface area contributed by atoms with Crippen LogP contribution in [0.4, 0.5) is 0 Å². The van der Waals surface area contributed by atoms with E-state index in [-0.39, 0.29) is 29.8 Å². The Hall–Kier alpha value is -1.07. The molecule has 0 bridgehead atoms. The van der Waals surface area contributed by atoms with Gasteiger partial charge in [-0.05, 0) is 59.8 Å². The Balaban J connectivity index is 3.24. The van der Waals surface area contributed by atoms with Crippen LogP contribution in [0.25, 0.3) is 0 Å². The lowest BCUT2D eigenvalue weighted by Crippen LogP contribution is -2.55. The van der Waals surface area contributed by atoms with Crippen molar-refractivity contribution in [2.75, 3.05) is 13.2 Å². The average molecular weight is 369 g/mol. The summed E-state index contributed by atoms with van der Waals surface area (Å²) < 4.78 is 11.8. The normalized spacial score (nSPS) is 21.2. The molecule has 5 nitrogen and oxygen atoms in total. The highest BCUT2D eigenvalue weighted by Gasteiger charge is 2.37. The van der Waals surface area contributed by atoms with Gasteiger partial charge >= 0.3 is 5.97 Å². The van der Waals surface area contributed by atoms with Crippen molar-refractivity contribution in [1.82, 2.24) is 10.6 Å².